The fraction of sp³-hybridized carbons (Fsp3) is 0.976. The van der Waals surface area contributed by atoms with Gasteiger partial charge >= 0.3 is 6.09 Å². The second-order valence-corrected chi connectivity index (χ2v) is 18.5. The van der Waals surface area contributed by atoms with Gasteiger partial charge < -0.3 is 46.8 Å². The van der Waals surface area contributed by atoms with Crippen LogP contribution in [-0.2, 0) is 18.9 Å². The van der Waals surface area contributed by atoms with Crippen LogP contribution in [0.2, 0.25) is 0 Å². The minimum Gasteiger partial charge on any atom is -0.444 e. The summed E-state index contributed by atoms with van der Waals surface area (Å²) in [5.41, 5.74) is 17.7. The first kappa shape index (κ1) is 43.7. The summed E-state index contributed by atoms with van der Waals surface area (Å²) in [6.45, 7) is 20.4. The molecule has 4 aliphatic rings. The third kappa shape index (κ3) is 11.3. The van der Waals surface area contributed by atoms with Crippen LogP contribution in [0.25, 0.3) is 0 Å². The number of carbonyl (C=O) groups excluding carboxylic acids is 1. The molecule has 0 radical (unpaired) electrons. The average Bonchev–Trinajstić information content (AvgIpc) is 3.45. The van der Waals surface area contributed by atoms with Crippen molar-refractivity contribution in [2.45, 2.75) is 155 Å². The smallest absolute Gasteiger partial charge is 0.407 e. The van der Waals surface area contributed by atoms with Gasteiger partial charge in [0, 0.05) is 31.8 Å². The SMILES string of the molecule is CC(CCCNCCCCNC(=O)OC(C)(C)C)C1CCC2C3C(OCCCN)CC4CC(OCCCN)CCC4(C)C3CC(OCCCN)C12C. The minimum atomic E-state index is -0.462. The molecule has 4 fully saturated rings. The number of hydrogen-bond acceptors (Lipinski definition) is 9. The fourth-order valence-electron chi connectivity index (χ4n) is 11.4. The van der Waals surface area contributed by atoms with Crippen molar-refractivity contribution in [1.82, 2.24) is 10.6 Å². The first-order chi connectivity index (χ1) is 24.9. The van der Waals surface area contributed by atoms with E-state index >= 15 is 0 Å². The lowest BCUT2D eigenvalue weighted by Gasteiger charge is -2.65. The topological polar surface area (TPSA) is 156 Å². The molecule has 4 rings (SSSR count). The molecule has 304 valence electrons. The van der Waals surface area contributed by atoms with Gasteiger partial charge in [0.25, 0.3) is 0 Å². The fourth-order valence-corrected chi connectivity index (χ4v) is 11.4. The number of unbranched alkanes of at least 4 members (excludes halogenated alkanes) is 1. The standard InChI is InChI=1S/C42H81N5O5/c1-30(13-9-22-46-21-7-8-23-47-39(48)52-40(2,3)4)33-14-15-34-38-35(29-37(42(33,34)6)51-26-12-20-45)41(5)17-16-32(49-24-10-18-43)27-31(41)28-36(38)50-25-11-19-44/h30-38,46H,7-29,43-45H2,1-6H3,(H,47,48). The predicted octanol–water partition coefficient (Wildman–Crippen LogP) is 6.38. The lowest BCUT2D eigenvalue weighted by atomic mass is 9.43. The van der Waals surface area contributed by atoms with E-state index in [0.29, 0.717) is 67.8 Å². The molecule has 0 aromatic rings. The molecular weight excluding hydrogens is 654 g/mol. The summed E-state index contributed by atoms with van der Waals surface area (Å²) in [6, 6.07) is 0. The van der Waals surface area contributed by atoms with Gasteiger partial charge in [-0.1, -0.05) is 20.8 Å². The number of hydrogen-bond donors (Lipinski definition) is 5. The first-order valence-electron chi connectivity index (χ1n) is 21.5. The maximum absolute atomic E-state index is 11.9. The Morgan fingerprint density at radius 2 is 1.44 bits per heavy atom. The molecular formula is C42H81N5O5. The van der Waals surface area contributed by atoms with Crippen LogP contribution in [0.15, 0.2) is 0 Å². The van der Waals surface area contributed by atoms with E-state index in [1.54, 1.807) is 0 Å². The molecule has 11 unspecified atom stereocenters. The van der Waals surface area contributed by atoms with Gasteiger partial charge in [-0.3, -0.25) is 0 Å². The molecule has 10 nitrogen and oxygen atoms in total. The average molecular weight is 736 g/mol. The molecule has 0 heterocycles. The van der Waals surface area contributed by atoms with Gasteiger partial charge in [-0.2, -0.15) is 0 Å². The van der Waals surface area contributed by atoms with Gasteiger partial charge in [-0.05, 0) is 184 Å². The van der Waals surface area contributed by atoms with Crippen LogP contribution in [-0.4, -0.2) is 89.1 Å². The van der Waals surface area contributed by atoms with E-state index in [2.05, 4.69) is 31.4 Å². The first-order valence-corrected chi connectivity index (χ1v) is 21.5. The van der Waals surface area contributed by atoms with Crippen LogP contribution in [0.5, 0.6) is 0 Å². The van der Waals surface area contributed by atoms with Crippen molar-refractivity contribution < 1.29 is 23.7 Å². The molecule has 0 bridgehead atoms. The van der Waals surface area contributed by atoms with Crippen LogP contribution in [0.1, 0.15) is 131 Å². The van der Waals surface area contributed by atoms with E-state index in [-0.39, 0.29) is 29.1 Å². The second-order valence-electron chi connectivity index (χ2n) is 18.5. The third-order valence-electron chi connectivity index (χ3n) is 14.0. The van der Waals surface area contributed by atoms with Gasteiger partial charge in [-0.25, -0.2) is 4.79 Å². The Labute approximate surface area is 317 Å². The number of nitrogens with one attached hydrogen (secondary N) is 2. The van der Waals surface area contributed by atoms with Crippen LogP contribution in [0.4, 0.5) is 4.79 Å². The monoisotopic (exact) mass is 736 g/mol. The molecule has 11 atom stereocenters. The Hall–Kier alpha value is -1.01. The molecule has 8 N–H and O–H groups in total. The van der Waals surface area contributed by atoms with Crippen molar-refractivity contribution >= 4 is 6.09 Å². The maximum atomic E-state index is 11.9. The lowest BCUT2D eigenvalue weighted by Crippen LogP contribution is -2.63. The second kappa shape index (κ2) is 20.8. The van der Waals surface area contributed by atoms with Crippen molar-refractivity contribution in [3.05, 3.63) is 0 Å². The molecule has 0 aromatic carbocycles. The largest absolute Gasteiger partial charge is 0.444 e. The van der Waals surface area contributed by atoms with Crippen LogP contribution < -0.4 is 27.8 Å². The van der Waals surface area contributed by atoms with Crippen molar-refractivity contribution in [3.8, 4) is 0 Å². The Morgan fingerprint density at radius 3 is 2.13 bits per heavy atom. The maximum Gasteiger partial charge on any atom is 0.407 e. The number of fused-ring (bicyclic) bond motifs is 5. The summed E-state index contributed by atoms with van der Waals surface area (Å²) >= 11 is 0. The molecule has 0 spiro atoms. The highest BCUT2D eigenvalue weighted by Gasteiger charge is 2.66. The van der Waals surface area contributed by atoms with Crippen molar-refractivity contribution in [2.24, 2.45) is 63.5 Å². The van der Waals surface area contributed by atoms with Gasteiger partial charge in [-0.15, -0.1) is 0 Å². The Morgan fingerprint density at radius 1 is 0.788 bits per heavy atom. The van der Waals surface area contributed by atoms with Crippen molar-refractivity contribution in [3.63, 3.8) is 0 Å². The normalized spacial score (nSPS) is 35.0. The highest BCUT2D eigenvalue weighted by molar-refractivity contribution is 5.67. The van der Waals surface area contributed by atoms with E-state index in [1.807, 2.05) is 20.8 Å². The molecule has 52 heavy (non-hydrogen) atoms. The Balaban J connectivity index is 1.39. The van der Waals surface area contributed by atoms with Gasteiger partial charge in [0.1, 0.15) is 5.60 Å². The van der Waals surface area contributed by atoms with Gasteiger partial charge in [0.2, 0.25) is 0 Å². The minimum absolute atomic E-state index is 0.130. The van der Waals surface area contributed by atoms with Crippen LogP contribution in [0, 0.1) is 46.3 Å². The zero-order valence-corrected chi connectivity index (χ0v) is 34.2. The molecule has 0 aliphatic heterocycles. The van der Waals surface area contributed by atoms with E-state index in [1.165, 1.54) is 32.1 Å². The Kier molecular flexibility index (Phi) is 17.5. The summed E-state index contributed by atoms with van der Waals surface area (Å²) in [5.74, 6) is 3.65. The molecule has 0 saturated heterocycles. The molecule has 4 aliphatic carbocycles. The molecule has 1 amide bonds. The Bertz CT molecular complexity index is 1040. The van der Waals surface area contributed by atoms with Crippen molar-refractivity contribution in [1.29, 1.82) is 0 Å². The number of alkyl carbamates (subject to hydrolysis) is 1. The van der Waals surface area contributed by atoms with Crippen LogP contribution in [0.3, 0.4) is 0 Å². The van der Waals surface area contributed by atoms with Gasteiger partial charge in [0.15, 0.2) is 0 Å². The number of rotatable bonds is 22. The van der Waals surface area contributed by atoms with Gasteiger partial charge in [0.05, 0.1) is 18.3 Å². The molecule has 10 heteroatoms. The van der Waals surface area contributed by atoms with E-state index in [0.717, 1.165) is 90.7 Å². The summed E-state index contributed by atoms with van der Waals surface area (Å²) in [7, 11) is 0. The highest BCUT2D eigenvalue weighted by Crippen LogP contribution is 2.69. The summed E-state index contributed by atoms with van der Waals surface area (Å²) in [6.07, 6.45) is 16.1. The van der Waals surface area contributed by atoms with E-state index in [9.17, 15) is 4.79 Å². The third-order valence-corrected chi connectivity index (χ3v) is 14.0. The zero-order chi connectivity index (χ0) is 37.8. The predicted molar refractivity (Wildman–Crippen MR) is 211 cm³/mol. The quantitative estimate of drug-likeness (QED) is 0.0797. The van der Waals surface area contributed by atoms with E-state index < -0.39 is 5.60 Å². The number of carbonyl (C=O) groups is 1. The number of amides is 1. The highest BCUT2D eigenvalue weighted by atomic mass is 16.6. The molecule has 4 saturated carbocycles. The molecule has 0 aromatic heterocycles. The van der Waals surface area contributed by atoms with Crippen molar-refractivity contribution in [2.75, 3.05) is 59.1 Å². The van der Waals surface area contributed by atoms with E-state index in [4.69, 9.17) is 36.1 Å². The lowest BCUT2D eigenvalue weighted by molar-refractivity contribution is -0.227. The zero-order valence-electron chi connectivity index (χ0n) is 34.2. The number of nitrogens with two attached hydrogens (primary N) is 3. The van der Waals surface area contributed by atoms with Crippen LogP contribution >= 0.6 is 0 Å². The summed E-state index contributed by atoms with van der Waals surface area (Å²) < 4.78 is 25.7. The summed E-state index contributed by atoms with van der Waals surface area (Å²) in [4.78, 5) is 11.9. The summed E-state index contributed by atoms with van der Waals surface area (Å²) in [5, 5.41) is 6.53. The number of ether oxygens (including phenoxy) is 4.